The van der Waals surface area contributed by atoms with Gasteiger partial charge in [0.2, 0.25) is 0 Å². The van der Waals surface area contributed by atoms with Crippen molar-refractivity contribution in [2.24, 2.45) is 0 Å². The summed E-state index contributed by atoms with van der Waals surface area (Å²) in [5, 5.41) is 11.3. The number of methoxy groups -OCH3 is 1. The molecule has 2 aliphatic heterocycles. The predicted octanol–water partition coefficient (Wildman–Crippen LogP) is 3.05. The van der Waals surface area contributed by atoms with E-state index in [1.807, 2.05) is 24.4 Å². The van der Waals surface area contributed by atoms with Crippen molar-refractivity contribution in [1.29, 1.82) is 0 Å². The third-order valence-electron chi connectivity index (χ3n) is 6.65. The van der Waals surface area contributed by atoms with E-state index < -0.39 is 5.60 Å². The summed E-state index contributed by atoms with van der Waals surface area (Å²) in [6.07, 6.45) is 8.32. The fraction of sp³-hybridized carbons (Fsp3) is 0.520. The summed E-state index contributed by atoms with van der Waals surface area (Å²) >= 11 is 0. The first-order chi connectivity index (χ1) is 15.6. The lowest BCUT2D eigenvalue weighted by Gasteiger charge is -2.44. The van der Waals surface area contributed by atoms with Crippen molar-refractivity contribution in [2.45, 2.75) is 43.7 Å². The Kier molecular flexibility index (Phi) is 7.27. The molecular weight excluding hydrogens is 406 g/mol. The van der Waals surface area contributed by atoms with Gasteiger partial charge in [0.05, 0.1) is 12.7 Å². The number of piperidine rings is 2. The number of benzene rings is 1. The number of aliphatic hydroxyl groups is 1. The molecule has 1 amide bonds. The van der Waals surface area contributed by atoms with Gasteiger partial charge in [0.25, 0.3) is 5.91 Å². The number of carbonyl (C=O) groups excluding carboxylic acids is 1. The van der Waals surface area contributed by atoms with Crippen molar-refractivity contribution in [3.8, 4) is 11.5 Å². The standard InChI is InChI=1S/C25H33N3O4/c1-31-22-9-2-3-10-23(22)32-18-24(29)27-15-11-25(30,12-16-27)19-28-14-5-4-8-21(28)20-7-6-13-26-17-20/h2-3,6-7,9-10,13,17,21,30H,4-5,8,11-12,14-16,18-19H2,1H3. The molecule has 1 atom stereocenters. The SMILES string of the molecule is COc1ccccc1OCC(=O)N1CCC(O)(CN2CCCCC2c2cccnc2)CC1. The average molecular weight is 440 g/mol. The minimum atomic E-state index is -0.780. The second-order valence-electron chi connectivity index (χ2n) is 8.81. The molecular formula is C25H33N3O4. The van der Waals surface area contributed by atoms with Crippen molar-refractivity contribution in [3.05, 3.63) is 54.4 Å². The topological polar surface area (TPSA) is 75.1 Å². The molecule has 1 aromatic carbocycles. The monoisotopic (exact) mass is 439 g/mol. The molecule has 2 aromatic rings. The van der Waals surface area contributed by atoms with Crippen LogP contribution >= 0.6 is 0 Å². The Morgan fingerprint density at radius 1 is 1.12 bits per heavy atom. The van der Waals surface area contributed by atoms with E-state index in [1.54, 1.807) is 30.3 Å². The summed E-state index contributed by atoms with van der Waals surface area (Å²) in [4.78, 5) is 21.2. The molecule has 2 saturated heterocycles. The van der Waals surface area contributed by atoms with Gasteiger partial charge in [-0.3, -0.25) is 14.7 Å². The first-order valence-electron chi connectivity index (χ1n) is 11.5. The first kappa shape index (κ1) is 22.6. The number of para-hydroxylation sites is 2. The molecule has 1 unspecified atom stereocenters. The van der Waals surface area contributed by atoms with E-state index in [-0.39, 0.29) is 12.5 Å². The van der Waals surface area contributed by atoms with E-state index in [1.165, 1.54) is 12.0 Å². The van der Waals surface area contributed by atoms with Crippen molar-refractivity contribution >= 4 is 5.91 Å². The largest absolute Gasteiger partial charge is 0.493 e. The summed E-state index contributed by atoms with van der Waals surface area (Å²) in [6, 6.07) is 11.7. The number of nitrogens with zero attached hydrogens (tertiary/aromatic N) is 3. The zero-order valence-electron chi connectivity index (χ0n) is 18.8. The summed E-state index contributed by atoms with van der Waals surface area (Å²) < 4.78 is 11.0. The molecule has 172 valence electrons. The summed E-state index contributed by atoms with van der Waals surface area (Å²) in [5.41, 5.74) is 0.440. The average Bonchev–Trinajstić information content (AvgIpc) is 2.84. The number of pyridine rings is 1. The maximum absolute atomic E-state index is 12.7. The van der Waals surface area contributed by atoms with Crippen LogP contribution in [-0.4, -0.2) is 71.3 Å². The molecule has 2 fully saturated rings. The molecule has 7 nitrogen and oxygen atoms in total. The number of hydrogen-bond donors (Lipinski definition) is 1. The van der Waals surface area contributed by atoms with E-state index in [0.717, 1.165) is 19.4 Å². The van der Waals surface area contributed by atoms with Gasteiger partial charge in [-0.15, -0.1) is 0 Å². The second-order valence-corrected chi connectivity index (χ2v) is 8.81. The Labute approximate surface area is 190 Å². The van der Waals surface area contributed by atoms with Crippen LogP contribution in [0.5, 0.6) is 11.5 Å². The van der Waals surface area contributed by atoms with Crippen molar-refractivity contribution in [3.63, 3.8) is 0 Å². The van der Waals surface area contributed by atoms with Crippen LogP contribution in [0.15, 0.2) is 48.8 Å². The molecule has 0 aliphatic carbocycles. The Morgan fingerprint density at radius 3 is 2.62 bits per heavy atom. The minimum Gasteiger partial charge on any atom is -0.493 e. The van der Waals surface area contributed by atoms with Gasteiger partial charge < -0.3 is 19.5 Å². The zero-order valence-corrected chi connectivity index (χ0v) is 18.8. The summed E-state index contributed by atoms with van der Waals surface area (Å²) in [7, 11) is 1.58. The number of rotatable bonds is 7. The number of carbonyl (C=O) groups is 1. The highest BCUT2D eigenvalue weighted by molar-refractivity contribution is 5.78. The highest BCUT2D eigenvalue weighted by Crippen LogP contribution is 2.34. The van der Waals surface area contributed by atoms with Gasteiger partial charge in [0.1, 0.15) is 0 Å². The van der Waals surface area contributed by atoms with Gasteiger partial charge in [-0.25, -0.2) is 0 Å². The molecule has 2 aliphatic rings. The van der Waals surface area contributed by atoms with E-state index in [9.17, 15) is 9.90 Å². The van der Waals surface area contributed by atoms with Gasteiger partial charge in [0, 0.05) is 38.1 Å². The van der Waals surface area contributed by atoms with Crippen molar-refractivity contribution in [1.82, 2.24) is 14.8 Å². The fourth-order valence-corrected chi connectivity index (χ4v) is 4.81. The second kappa shape index (κ2) is 10.3. The van der Waals surface area contributed by atoms with Crippen LogP contribution in [0.4, 0.5) is 0 Å². The van der Waals surface area contributed by atoms with E-state index >= 15 is 0 Å². The molecule has 1 N–H and O–H groups in total. The molecule has 32 heavy (non-hydrogen) atoms. The molecule has 4 rings (SSSR count). The Morgan fingerprint density at radius 2 is 1.91 bits per heavy atom. The van der Waals surface area contributed by atoms with Gasteiger partial charge in [0.15, 0.2) is 18.1 Å². The lowest BCUT2D eigenvalue weighted by Crippen LogP contribution is -2.53. The van der Waals surface area contributed by atoms with Crippen molar-refractivity contribution < 1.29 is 19.4 Å². The molecule has 0 radical (unpaired) electrons. The van der Waals surface area contributed by atoms with Gasteiger partial charge >= 0.3 is 0 Å². The number of β-amino-alcohol motifs (C(OH)–C–C–N with tert-alkyl or cyclic N) is 1. The maximum Gasteiger partial charge on any atom is 0.260 e. The molecule has 3 heterocycles. The molecule has 0 spiro atoms. The number of hydrogen-bond acceptors (Lipinski definition) is 6. The number of likely N-dealkylation sites (tertiary alicyclic amines) is 2. The third-order valence-corrected chi connectivity index (χ3v) is 6.65. The van der Waals surface area contributed by atoms with Crippen LogP contribution in [0.1, 0.15) is 43.7 Å². The van der Waals surface area contributed by atoms with E-state index in [2.05, 4.69) is 16.0 Å². The van der Waals surface area contributed by atoms with Crippen LogP contribution in [0.3, 0.4) is 0 Å². The zero-order chi connectivity index (χ0) is 22.4. The highest BCUT2D eigenvalue weighted by atomic mass is 16.5. The maximum atomic E-state index is 12.7. The quantitative estimate of drug-likeness (QED) is 0.715. The number of amides is 1. The fourth-order valence-electron chi connectivity index (χ4n) is 4.81. The smallest absolute Gasteiger partial charge is 0.260 e. The first-order valence-corrected chi connectivity index (χ1v) is 11.5. The Balaban J connectivity index is 1.30. The molecule has 7 heteroatoms. The summed E-state index contributed by atoms with van der Waals surface area (Å²) in [5.74, 6) is 1.10. The van der Waals surface area contributed by atoms with Crippen LogP contribution in [-0.2, 0) is 4.79 Å². The normalized spacial score (nSPS) is 21.2. The number of aromatic nitrogens is 1. The van der Waals surface area contributed by atoms with Crippen LogP contribution in [0.25, 0.3) is 0 Å². The molecule has 1 aromatic heterocycles. The number of ether oxygens (including phenoxy) is 2. The van der Waals surface area contributed by atoms with Crippen LogP contribution in [0.2, 0.25) is 0 Å². The minimum absolute atomic E-state index is 0.0337. The van der Waals surface area contributed by atoms with Gasteiger partial charge in [-0.1, -0.05) is 24.6 Å². The third kappa shape index (κ3) is 5.40. The van der Waals surface area contributed by atoms with Gasteiger partial charge in [-0.2, -0.15) is 0 Å². The lowest BCUT2D eigenvalue weighted by atomic mass is 9.88. The lowest BCUT2D eigenvalue weighted by molar-refractivity contribution is -0.138. The Bertz CT molecular complexity index is 884. The van der Waals surface area contributed by atoms with Crippen molar-refractivity contribution in [2.75, 3.05) is 39.9 Å². The highest BCUT2D eigenvalue weighted by Gasteiger charge is 2.38. The van der Waals surface area contributed by atoms with Crippen LogP contribution in [0, 0.1) is 0 Å². The van der Waals surface area contributed by atoms with Gasteiger partial charge in [-0.05, 0) is 56.0 Å². The Hall–Kier alpha value is -2.64. The predicted molar refractivity (Wildman–Crippen MR) is 122 cm³/mol. The summed E-state index contributed by atoms with van der Waals surface area (Å²) in [6.45, 7) is 2.66. The van der Waals surface area contributed by atoms with E-state index in [0.29, 0.717) is 50.0 Å². The molecule has 0 saturated carbocycles. The molecule has 0 bridgehead atoms. The van der Waals surface area contributed by atoms with E-state index in [4.69, 9.17) is 9.47 Å². The van der Waals surface area contributed by atoms with Crippen LogP contribution < -0.4 is 9.47 Å².